The normalized spacial score (nSPS) is 45.6. The number of piperidine rings is 1. The molecular formula is C18H31N5O2S. The number of fused-ring (bicyclic) bond motifs is 6. The van der Waals surface area contributed by atoms with Gasteiger partial charge < -0.3 is 5.11 Å². The molecular weight excluding hydrogens is 350 g/mol. The topological polar surface area (TPSA) is 79.9 Å². The van der Waals surface area contributed by atoms with E-state index in [1.165, 1.54) is 0 Å². The summed E-state index contributed by atoms with van der Waals surface area (Å²) in [7, 11) is 0. The number of hydrazine groups is 1. The lowest BCUT2D eigenvalue weighted by Gasteiger charge is -2.47. The lowest BCUT2D eigenvalue weighted by molar-refractivity contribution is -0.146. The highest BCUT2D eigenvalue weighted by atomic mass is 32.2. The fourth-order valence-corrected chi connectivity index (χ4v) is 5.31. The van der Waals surface area contributed by atoms with Crippen LogP contribution in [0.3, 0.4) is 0 Å². The van der Waals surface area contributed by atoms with E-state index in [-0.39, 0.29) is 35.7 Å². The quantitative estimate of drug-likeness (QED) is 0.490. The highest BCUT2D eigenvalue weighted by Crippen LogP contribution is 2.34. The van der Waals surface area contributed by atoms with Gasteiger partial charge >= 0.3 is 0 Å². The molecule has 4 aliphatic heterocycles. The average molecular weight is 382 g/mol. The molecule has 0 aromatic carbocycles. The molecule has 4 N–H and O–H groups in total. The van der Waals surface area contributed by atoms with E-state index >= 15 is 0 Å². The van der Waals surface area contributed by atoms with E-state index in [9.17, 15) is 9.90 Å². The summed E-state index contributed by atoms with van der Waals surface area (Å²) in [5, 5.41) is 25.8. The monoisotopic (exact) mass is 381 g/mol. The van der Waals surface area contributed by atoms with Crippen molar-refractivity contribution in [2.45, 2.75) is 68.5 Å². The van der Waals surface area contributed by atoms with Crippen molar-refractivity contribution in [1.82, 2.24) is 26.0 Å². The van der Waals surface area contributed by atoms with Gasteiger partial charge in [-0.3, -0.25) is 25.8 Å². The highest BCUT2D eigenvalue weighted by molar-refractivity contribution is 7.99. The van der Waals surface area contributed by atoms with E-state index in [1.54, 1.807) is 11.8 Å². The summed E-state index contributed by atoms with van der Waals surface area (Å²) in [4.78, 5) is 13.1. The van der Waals surface area contributed by atoms with Crippen LogP contribution in [0.25, 0.3) is 0 Å². The Bertz CT molecular complexity index is 572. The minimum Gasteiger partial charge on any atom is -0.389 e. The number of thioether (sulfide) groups is 1. The molecule has 0 radical (unpaired) electrons. The van der Waals surface area contributed by atoms with E-state index in [4.69, 9.17) is 0 Å². The molecule has 0 saturated carbocycles. The fourth-order valence-electron chi connectivity index (χ4n) is 4.77. The Morgan fingerprint density at radius 3 is 2.96 bits per heavy atom. The van der Waals surface area contributed by atoms with E-state index in [0.29, 0.717) is 13.1 Å². The third-order valence-electron chi connectivity index (χ3n) is 6.29. The van der Waals surface area contributed by atoms with Gasteiger partial charge in [0.2, 0.25) is 5.91 Å². The maximum Gasteiger partial charge on any atom is 0.244 e. The second-order valence-corrected chi connectivity index (χ2v) is 9.02. The zero-order valence-electron chi connectivity index (χ0n) is 15.6. The molecule has 5 unspecified atom stereocenters. The van der Waals surface area contributed by atoms with Gasteiger partial charge in [0.15, 0.2) is 0 Å². The van der Waals surface area contributed by atoms with Crippen LogP contribution in [-0.2, 0) is 4.79 Å². The summed E-state index contributed by atoms with van der Waals surface area (Å²) >= 11 is 1.73. The Morgan fingerprint density at radius 2 is 2.15 bits per heavy atom. The number of aliphatic hydroxyl groups is 1. The first kappa shape index (κ1) is 18.7. The number of rotatable bonds is 1. The minimum absolute atomic E-state index is 0.00319. The van der Waals surface area contributed by atoms with Crippen LogP contribution in [-0.4, -0.2) is 69.8 Å². The molecule has 26 heavy (non-hydrogen) atoms. The molecule has 7 nitrogen and oxygen atoms in total. The van der Waals surface area contributed by atoms with Crippen molar-refractivity contribution >= 4 is 17.7 Å². The van der Waals surface area contributed by atoms with E-state index in [0.717, 1.165) is 32.1 Å². The highest BCUT2D eigenvalue weighted by Gasteiger charge is 2.52. The molecule has 0 spiro atoms. The van der Waals surface area contributed by atoms with Gasteiger partial charge in [-0.1, -0.05) is 12.2 Å². The van der Waals surface area contributed by atoms with Crippen LogP contribution in [0.2, 0.25) is 0 Å². The first-order valence-corrected chi connectivity index (χ1v) is 11.1. The Hall–Kier alpha value is -0.640. The first-order chi connectivity index (χ1) is 12.5. The van der Waals surface area contributed by atoms with Gasteiger partial charge in [0, 0.05) is 12.6 Å². The molecule has 3 saturated heterocycles. The summed E-state index contributed by atoms with van der Waals surface area (Å²) in [6.07, 6.45) is 10.9. The van der Waals surface area contributed by atoms with Gasteiger partial charge in [-0.2, -0.15) is 5.01 Å². The number of allylic oxidation sites excluding steroid dienone is 1. The number of carbonyl (C=O) groups excluding carboxylic acids is 1. The second-order valence-electron chi connectivity index (χ2n) is 8.08. The summed E-state index contributed by atoms with van der Waals surface area (Å²) in [5.74, 6) is 0.117. The lowest BCUT2D eigenvalue weighted by atomic mass is 9.85. The number of amides is 1. The third kappa shape index (κ3) is 3.31. The van der Waals surface area contributed by atoms with Gasteiger partial charge in [-0.05, 0) is 45.3 Å². The predicted molar refractivity (Wildman–Crippen MR) is 103 cm³/mol. The summed E-state index contributed by atoms with van der Waals surface area (Å²) in [6.45, 7) is 3.25. The van der Waals surface area contributed by atoms with Gasteiger partial charge in [-0.25, -0.2) is 0 Å². The molecule has 4 heterocycles. The smallest absolute Gasteiger partial charge is 0.244 e. The molecule has 2 bridgehead atoms. The Balaban J connectivity index is 1.65. The largest absolute Gasteiger partial charge is 0.389 e. The second kappa shape index (κ2) is 7.41. The summed E-state index contributed by atoms with van der Waals surface area (Å²) in [6, 6.07) is 0.0572. The molecule has 4 rings (SSSR count). The zero-order valence-corrected chi connectivity index (χ0v) is 16.5. The van der Waals surface area contributed by atoms with Gasteiger partial charge in [0.25, 0.3) is 0 Å². The zero-order chi connectivity index (χ0) is 18.3. The number of nitrogens with one attached hydrogen (secondary N) is 3. The van der Waals surface area contributed by atoms with Crippen LogP contribution in [0, 0.1) is 5.92 Å². The van der Waals surface area contributed by atoms with Crippen LogP contribution < -0.4 is 16.0 Å². The van der Waals surface area contributed by atoms with Gasteiger partial charge in [-0.15, -0.1) is 11.8 Å². The van der Waals surface area contributed by atoms with Gasteiger partial charge in [0.05, 0.1) is 30.4 Å². The van der Waals surface area contributed by atoms with Crippen LogP contribution >= 0.6 is 11.8 Å². The van der Waals surface area contributed by atoms with Crippen molar-refractivity contribution in [1.29, 1.82) is 0 Å². The molecule has 6 atom stereocenters. The Labute approximate surface area is 159 Å². The number of hydrogen-bond acceptors (Lipinski definition) is 7. The lowest BCUT2D eigenvalue weighted by Crippen LogP contribution is -2.67. The standard InChI is InChI=1S/C18H31N5O2S/c1-18(25)9-4-3-5-10-22-16(24)12-11-19-17(26-2)21-15(12)23(22)14-8-6-7-13(18)20-14/h3,5,12-15,17,19-21,25H,4,6-11H2,1-2H3/b5-3-/t12?,13?,14?,15?,17?,18-/m1/s1. The van der Waals surface area contributed by atoms with Crippen molar-refractivity contribution in [3.8, 4) is 0 Å². The van der Waals surface area contributed by atoms with E-state index < -0.39 is 5.60 Å². The molecule has 146 valence electrons. The van der Waals surface area contributed by atoms with Crippen LogP contribution in [0.15, 0.2) is 12.2 Å². The van der Waals surface area contributed by atoms with Gasteiger partial charge in [0.1, 0.15) is 5.50 Å². The maximum absolute atomic E-state index is 13.1. The molecule has 4 aliphatic rings. The first-order valence-electron chi connectivity index (χ1n) is 9.76. The van der Waals surface area contributed by atoms with Crippen molar-refractivity contribution in [3.63, 3.8) is 0 Å². The van der Waals surface area contributed by atoms with E-state index in [1.807, 2.05) is 11.9 Å². The summed E-state index contributed by atoms with van der Waals surface area (Å²) < 4.78 is 0. The van der Waals surface area contributed by atoms with Crippen molar-refractivity contribution in [2.24, 2.45) is 5.92 Å². The van der Waals surface area contributed by atoms with Crippen LogP contribution in [0.1, 0.15) is 39.0 Å². The van der Waals surface area contributed by atoms with Crippen molar-refractivity contribution < 1.29 is 9.90 Å². The molecule has 3 fully saturated rings. The van der Waals surface area contributed by atoms with E-state index in [2.05, 4.69) is 39.4 Å². The summed E-state index contributed by atoms with van der Waals surface area (Å²) in [5.41, 5.74) is -0.578. The van der Waals surface area contributed by atoms with Crippen molar-refractivity contribution in [3.05, 3.63) is 12.2 Å². The van der Waals surface area contributed by atoms with Crippen LogP contribution in [0.4, 0.5) is 0 Å². The fraction of sp³-hybridized carbons (Fsp3) is 0.833. The van der Waals surface area contributed by atoms with Crippen LogP contribution in [0.5, 0.6) is 0 Å². The molecule has 8 heteroatoms. The minimum atomic E-state index is -0.731. The molecule has 0 aliphatic carbocycles. The average Bonchev–Trinajstić information content (AvgIpc) is 2.91. The number of hydrogen-bond donors (Lipinski definition) is 4. The Morgan fingerprint density at radius 1 is 1.31 bits per heavy atom. The maximum atomic E-state index is 13.1. The predicted octanol–water partition coefficient (Wildman–Crippen LogP) is 0.397. The molecule has 0 aromatic heterocycles. The SMILES string of the molecule is CSC1NCC2C(=O)N3C/C=C\CC[C@@](C)(O)C4CCCC(N4)N3C2N1. The molecule has 1 amide bonds. The Kier molecular flexibility index (Phi) is 5.33. The molecule has 0 aromatic rings. The van der Waals surface area contributed by atoms with Crippen molar-refractivity contribution in [2.75, 3.05) is 19.3 Å². The number of nitrogens with zero attached hydrogens (tertiary/aromatic N) is 2. The third-order valence-corrected chi connectivity index (χ3v) is 7.07. The number of carbonyl (C=O) groups is 1.